The molecule has 1 aromatic rings. The van der Waals surface area contributed by atoms with Gasteiger partial charge in [-0.1, -0.05) is 0 Å². The van der Waals surface area contributed by atoms with E-state index in [2.05, 4.69) is 16.9 Å². The van der Waals surface area contributed by atoms with Crippen LogP contribution in [0.4, 0.5) is 0 Å². The van der Waals surface area contributed by atoms with Gasteiger partial charge in [0.1, 0.15) is 0 Å². The van der Waals surface area contributed by atoms with Crippen molar-refractivity contribution in [1.82, 2.24) is 4.98 Å². The van der Waals surface area contributed by atoms with E-state index in [1.807, 2.05) is 18.3 Å². The minimum absolute atomic E-state index is 0.717. The Bertz CT molecular complexity index is 162. The summed E-state index contributed by atoms with van der Waals surface area (Å²) in [6.07, 6.45) is 1.85. The summed E-state index contributed by atoms with van der Waals surface area (Å²) in [5, 5.41) is 1.16. The van der Waals surface area contributed by atoms with Gasteiger partial charge in [-0.25, -0.2) is 0 Å². The molecule has 0 aliphatic heterocycles. The van der Waals surface area contributed by atoms with Crippen molar-refractivity contribution >= 4 is 15.0 Å². The van der Waals surface area contributed by atoms with Crippen LogP contribution in [0.25, 0.3) is 0 Å². The van der Waals surface area contributed by atoms with Crippen molar-refractivity contribution in [2.45, 2.75) is 11.1 Å². The Labute approximate surface area is 61.7 Å². The molecule has 0 unspecified atom stereocenters. The van der Waals surface area contributed by atoms with Crippen LogP contribution in [0.5, 0.6) is 0 Å². The van der Waals surface area contributed by atoms with Gasteiger partial charge in [0.25, 0.3) is 0 Å². The summed E-state index contributed by atoms with van der Waals surface area (Å²) < 4.78 is 0. The van der Waals surface area contributed by atoms with E-state index >= 15 is 0 Å². The molecule has 0 saturated carbocycles. The number of nitrogens with zero attached hydrogens (tertiary/aromatic N) is 1. The molecule has 48 valence electrons. The fourth-order valence-electron chi connectivity index (χ4n) is 0.631. The molecule has 0 atom stereocenters. The first kappa shape index (κ1) is 6.78. The third-order valence-corrected chi connectivity index (χ3v) is 2.24. The van der Waals surface area contributed by atoms with Crippen LogP contribution >= 0.6 is 0 Å². The van der Waals surface area contributed by atoms with E-state index in [1.165, 1.54) is 5.69 Å². The number of rotatable bonds is 2. The molecule has 1 rings (SSSR count). The monoisotopic (exact) mass is 187 g/mol. The van der Waals surface area contributed by atoms with E-state index in [1.54, 1.807) is 0 Å². The predicted molar refractivity (Wildman–Crippen MR) is 39.6 cm³/mol. The van der Waals surface area contributed by atoms with Crippen molar-refractivity contribution in [2.24, 2.45) is 0 Å². The Hall–Kier alpha value is -0.331. The first-order valence-corrected chi connectivity index (χ1v) is 5.75. The molecule has 0 aromatic carbocycles. The van der Waals surface area contributed by atoms with Crippen LogP contribution in [0.15, 0.2) is 24.4 Å². The van der Waals surface area contributed by atoms with Crippen LogP contribution in [0.2, 0.25) is 5.82 Å². The molecule has 9 heavy (non-hydrogen) atoms. The van der Waals surface area contributed by atoms with E-state index < -0.39 is 0 Å². The summed E-state index contributed by atoms with van der Waals surface area (Å²) in [6.45, 7) is 0. The Morgan fingerprint density at radius 1 is 1.56 bits per heavy atom. The molecule has 2 heteroatoms. The van der Waals surface area contributed by atoms with Gasteiger partial charge in [-0.3, -0.25) is 0 Å². The zero-order valence-corrected chi connectivity index (χ0v) is 7.09. The fraction of sp³-hybridized carbons (Fsp3) is 0.286. The van der Waals surface area contributed by atoms with E-state index in [0.29, 0.717) is 15.0 Å². The van der Waals surface area contributed by atoms with Crippen molar-refractivity contribution in [3.8, 4) is 0 Å². The van der Waals surface area contributed by atoms with Gasteiger partial charge in [0, 0.05) is 0 Å². The average molecular weight is 186 g/mol. The Morgan fingerprint density at radius 2 is 2.44 bits per heavy atom. The molecule has 0 radical (unpaired) electrons. The molecule has 0 bridgehead atoms. The van der Waals surface area contributed by atoms with Crippen LogP contribution in [0.1, 0.15) is 5.69 Å². The third kappa shape index (κ3) is 2.17. The van der Waals surface area contributed by atoms with E-state index in [0.717, 1.165) is 5.32 Å². The molecule has 0 saturated heterocycles. The quantitative estimate of drug-likeness (QED) is 0.635. The van der Waals surface area contributed by atoms with E-state index in [-0.39, 0.29) is 0 Å². The van der Waals surface area contributed by atoms with E-state index in [9.17, 15) is 0 Å². The minimum atomic E-state index is 0.717. The molecule has 1 nitrogen and oxygen atoms in total. The first-order valence-electron chi connectivity index (χ1n) is 2.82. The zero-order chi connectivity index (χ0) is 6.53. The summed E-state index contributed by atoms with van der Waals surface area (Å²) in [5.41, 5.74) is 1.22. The number of aromatic nitrogens is 1. The van der Waals surface area contributed by atoms with Crippen LogP contribution in [0.3, 0.4) is 0 Å². The zero-order valence-electron chi connectivity index (χ0n) is 5.37. The second kappa shape index (κ2) is 3.65. The number of pyridine rings is 1. The summed E-state index contributed by atoms with van der Waals surface area (Å²) in [7, 11) is 0. The van der Waals surface area contributed by atoms with Crippen molar-refractivity contribution < 1.29 is 0 Å². The molecule has 0 amide bonds. The molecule has 1 aromatic heterocycles. The maximum atomic E-state index is 4.18. The van der Waals surface area contributed by atoms with E-state index in [4.69, 9.17) is 0 Å². The number of hydrogen-bond donors (Lipinski definition) is 0. The Morgan fingerprint density at radius 3 is 3.00 bits per heavy atom. The third-order valence-electron chi connectivity index (χ3n) is 1.02. The van der Waals surface area contributed by atoms with Crippen molar-refractivity contribution in [1.29, 1.82) is 0 Å². The van der Waals surface area contributed by atoms with Gasteiger partial charge in [0.15, 0.2) is 0 Å². The first-order chi connectivity index (χ1) is 4.43. The Balaban J connectivity index is 2.61. The van der Waals surface area contributed by atoms with Crippen molar-refractivity contribution in [2.75, 3.05) is 0 Å². The SMILES string of the molecule is C[Se]Cc1ccccn1. The van der Waals surface area contributed by atoms with Gasteiger partial charge < -0.3 is 0 Å². The fourth-order valence-corrected chi connectivity index (χ4v) is 1.61. The van der Waals surface area contributed by atoms with Crippen LogP contribution < -0.4 is 0 Å². The maximum absolute atomic E-state index is 4.18. The number of hydrogen-bond acceptors (Lipinski definition) is 1. The van der Waals surface area contributed by atoms with Crippen LogP contribution in [-0.2, 0) is 5.32 Å². The van der Waals surface area contributed by atoms with Crippen molar-refractivity contribution in [3.05, 3.63) is 30.1 Å². The second-order valence-electron chi connectivity index (χ2n) is 1.75. The molecule has 0 fully saturated rings. The van der Waals surface area contributed by atoms with Gasteiger partial charge in [-0.2, -0.15) is 0 Å². The summed E-state index contributed by atoms with van der Waals surface area (Å²) in [5.74, 6) is 2.22. The normalized spacial score (nSPS) is 9.44. The van der Waals surface area contributed by atoms with Gasteiger partial charge in [-0.15, -0.1) is 0 Å². The average Bonchev–Trinajstić information content (AvgIpc) is 1.91. The van der Waals surface area contributed by atoms with Gasteiger partial charge in [0.2, 0.25) is 0 Å². The molecule has 1 heterocycles. The predicted octanol–water partition coefficient (Wildman–Crippen LogP) is 1.33. The Kier molecular flexibility index (Phi) is 2.75. The van der Waals surface area contributed by atoms with Gasteiger partial charge >= 0.3 is 61.2 Å². The van der Waals surface area contributed by atoms with Gasteiger partial charge in [0.05, 0.1) is 0 Å². The second-order valence-corrected chi connectivity index (χ2v) is 3.57. The molecule has 0 aliphatic carbocycles. The molecule has 0 aliphatic rings. The molecular weight excluding hydrogens is 177 g/mol. The standard InChI is InChI=1S/C7H9NSe/c1-9-6-7-4-2-3-5-8-7/h2-5H,6H2,1H3. The van der Waals surface area contributed by atoms with Gasteiger partial charge in [-0.05, 0) is 0 Å². The van der Waals surface area contributed by atoms with Crippen molar-refractivity contribution in [3.63, 3.8) is 0 Å². The molecular formula is C7H9NSe. The summed E-state index contributed by atoms with van der Waals surface area (Å²) in [4.78, 5) is 4.18. The van der Waals surface area contributed by atoms with Crippen LogP contribution in [0, 0.1) is 0 Å². The summed E-state index contributed by atoms with van der Waals surface area (Å²) >= 11 is 0.717. The molecule has 0 N–H and O–H groups in total. The van der Waals surface area contributed by atoms with Crippen LogP contribution in [-0.4, -0.2) is 19.9 Å². The molecule has 0 spiro atoms. The summed E-state index contributed by atoms with van der Waals surface area (Å²) in [6, 6.07) is 6.06. The topological polar surface area (TPSA) is 12.9 Å².